The maximum atomic E-state index is 5.13. The van der Waals surface area contributed by atoms with Crippen LogP contribution in [-0.4, -0.2) is 23.2 Å². The van der Waals surface area contributed by atoms with Gasteiger partial charge in [0.15, 0.2) is 11.6 Å². The van der Waals surface area contributed by atoms with Crippen LogP contribution in [0.25, 0.3) is 11.4 Å². The Balaban J connectivity index is 1.74. The second kappa shape index (κ2) is 6.83. The Kier molecular flexibility index (Phi) is 4.35. The Morgan fingerprint density at radius 1 is 1.00 bits per heavy atom. The number of para-hydroxylation sites is 1. The normalized spacial score (nSPS) is 24.4. The van der Waals surface area contributed by atoms with Crippen LogP contribution in [0, 0.1) is 12.8 Å². The number of aromatic nitrogens is 2. The summed E-state index contributed by atoms with van der Waals surface area (Å²) in [6.07, 6.45) is 4.51. The molecule has 0 N–H and O–H groups in total. The third-order valence-electron chi connectivity index (χ3n) is 7.54. The van der Waals surface area contributed by atoms with Crippen LogP contribution in [0.3, 0.4) is 0 Å². The molecule has 4 nitrogen and oxygen atoms in total. The van der Waals surface area contributed by atoms with Crippen LogP contribution in [-0.2, 0) is 5.41 Å². The van der Waals surface area contributed by atoms with Gasteiger partial charge in [0.1, 0.15) is 11.9 Å². The number of rotatable bonds is 3. The van der Waals surface area contributed by atoms with Gasteiger partial charge in [0.2, 0.25) is 0 Å². The monoisotopic (exact) mass is 398 g/mol. The van der Waals surface area contributed by atoms with Crippen LogP contribution in [0.4, 0.5) is 17.2 Å². The molecule has 3 atom stereocenters. The van der Waals surface area contributed by atoms with Gasteiger partial charge in [-0.25, -0.2) is 9.97 Å². The molecule has 5 rings (SSSR count). The Morgan fingerprint density at radius 3 is 2.47 bits per heavy atom. The van der Waals surface area contributed by atoms with E-state index in [1.807, 2.05) is 6.20 Å². The minimum absolute atomic E-state index is 0.134. The van der Waals surface area contributed by atoms with Gasteiger partial charge >= 0.3 is 0 Å². The van der Waals surface area contributed by atoms with E-state index in [1.54, 1.807) is 0 Å². The van der Waals surface area contributed by atoms with Gasteiger partial charge < -0.3 is 9.80 Å². The third kappa shape index (κ3) is 2.46. The highest BCUT2D eigenvalue weighted by Crippen LogP contribution is 2.56. The zero-order valence-corrected chi connectivity index (χ0v) is 18.6. The van der Waals surface area contributed by atoms with Crippen LogP contribution in [0.5, 0.6) is 0 Å². The minimum Gasteiger partial charge on any atom is -0.349 e. The SMILES string of the molecule is CCC1C2N(C)c3cnc(-c4ccccc4C)nc3N2c2ccccc2C1(C)CC. The summed E-state index contributed by atoms with van der Waals surface area (Å²) in [5.74, 6) is 2.33. The molecule has 0 saturated carbocycles. The first-order chi connectivity index (χ1) is 14.5. The molecule has 3 aromatic rings. The Hall–Kier alpha value is -2.88. The Labute approximate surface area is 179 Å². The number of hydrogen-bond donors (Lipinski definition) is 0. The largest absolute Gasteiger partial charge is 0.349 e. The molecule has 2 aliphatic rings. The molecule has 30 heavy (non-hydrogen) atoms. The molecule has 2 aliphatic heterocycles. The zero-order chi connectivity index (χ0) is 21.0. The molecule has 0 saturated heterocycles. The summed E-state index contributed by atoms with van der Waals surface area (Å²) >= 11 is 0. The van der Waals surface area contributed by atoms with Crippen molar-refractivity contribution < 1.29 is 0 Å². The predicted octanol–water partition coefficient (Wildman–Crippen LogP) is 6.07. The molecular weight excluding hydrogens is 368 g/mol. The fourth-order valence-corrected chi connectivity index (χ4v) is 5.70. The average molecular weight is 399 g/mol. The Morgan fingerprint density at radius 2 is 1.73 bits per heavy atom. The maximum absolute atomic E-state index is 5.13. The Bertz CT molecular complexity index is 1110. The molecule has 0 spiro atoms. The lowest BCUT2D eigenvalue weighted by atomic mass is 9.64. The minimum atomic E-state index is 0.134. The van der Waals surface area contributed by atoms with Crippen molar-refractivity contribution in [1.82, 2.24) is 9.97 Å². The number of hydrogen-bond acceptors (Lipinski definition) is 4. The first-order valence-corrected chi connectivity index (χ1v) is 11.1. The van der Waals surface area contributed by atoms with Gasteiger partial charge in [-0.3, -0.25) is 0 Å². The van der Waals surface area contributed by atoms with Crippen molar-refractivity contribution >= 4 is 17.2 Å². The number of aryl methyl sites for hydroxylation is 1. The highest BCUT2D eigenvalue weighted by Gasteiger charge is 2.52. The lowest BCUT2D eigenvalue weighted by Crippen LogP contribution is -2.55. The molecule has 3 unspecified atom stereocenters. The molecule has 154 valence electrons. The lowest BCUT2D eigenvalue weighted by molar-refractivity contribution is 0.218. The van der Waals surface area contributed by atoms with E-state index < -0.39 is 0 Å². The van der Waals surface area contributed by atoms with Crippen molar-refractivity contribution in [2.45, 2.75) is 52.1 Å². The van der Waals surface area contributed by atoms with Crippen LogP contribution in [0.2, 0.25) is 0 Å². The van der Waals surface area contributed by atoms with E-state index in [-0.39, 0.29) is 11.6 Å². The number of nitrogens with zero attached hydrogens (tertiary/aromatic N) is 4. The quantitative estimate of drug-likeness (QED) is 0.536. The van der Waals surface area contributed by atoms with E-state index in [2.05, 4.69) is 93.1 Å². The number of fused-ring (bicyclic) bond motifs is 5. The van der Waals surface area contributed by atoms with E-state index in [4.69, 9.17) is 9.97 Å². The fourth-order valence-electron chi connectivity index (χ4n) is 5.70. The van der Waals surface area contributed by atoms with E-state index in [9.17, 15) is 0 Å². The highest BCUT2D eigenvalue weighted by molar-refractivity contribution is 5.84. The summed E-state index contributed by atoms with van der Waals surface area (Å²) in [5.41, 5.74) is 6.27. The molecule has 3 heterocycles. The lowest BCUT2D eigenvalue weighted by Gasteiger charge is -2.51. The van der Waals surface area contributed by atoms with Crippen LogP contribution in [0.15, 0.2) is 54.7 Å². The van der Waals surface area contributed by atoms with Crippen LogP contribution < -0.4 is 9.80 Å². The topological polar surface area (TPSA) is 32.3 Å². The van der Waals surface area contributed by atoms with Crippen LogP contribution in [0.1, 0.15) is 44.7 Å². The smallest absolute Gasteiger partial charge is 0.162 e. The summed E-state index contributed by atoms with van der Waals surface area (Å²) < 4.78 is 0. The predicted molar refractivity (Wildman–Crippen MR) is 124 cm³/mol. The number of benzene rings is 2. The second-order valence-corrected chi connectivity index (χ2v) is 8.91. The molecule has 0 bridgehead atoms. The van der Waals surface area contributed by atoms with Crippen LogP contribution >= 0.6 is 0 Å². The molecular formula is C26H30N4. The van der Waals surface area contributed by atoms with Gasteiger partial charge in [-0.05, 0) is 37.0 Å². The van der Waals surface area contributed by atoms with Gasteiger partial charge in [0.05, 0.1) is 6.20 Å². The zero-order valence-electron chi connectivity index (χ0n) is 18.6. The molecule has 0 fully saturated rings. The van der Waals surface area contributed by atoms with E-state index in [1.165, 1.54) is 16.8 Å². The van der Waals surface area contributed by atoms with Crippen molar-refractivity contribution in [1.29, 1.82) is 0 Å². The van der Waals surface area contributed by atoms with Gasteiger partial charge in [-0.2, -0.15) is 0 Å². The average Bonchev–Trinajstić information content (AvgIpc) is 3.06. The van der Waals surface area contributed by atoms with Crippen molar-refractivity contribution in [3.8, 4) is 11.4 Å². The third-order valence-corrected chi connectivity index (χ3v) is 7.54. The standard InChI is InChI=1S/C26H30N4/c1-6-19-25-29(5)22-16-27-23(18-13-9-8-12-17(18)3)28-24(22)30(25)21-15-11-10-14-20(21)26(19,4)7-2/h8-16,19,25H,6-7H2,1-5H3. The van der Waals surface area contributed by atoms with Crippen molar-refractivity contribution in [2.24, 2.45) is 5.92 Å². The second-order valence-electron chi connectivity index (χ2n) is 8.91. The van der Waals surface area contributed by atoms with Crippen molar-refractivity contribution in [3.63, 3.8) is 0 Å². The van der Waals surface area contributed by atoms with Gasteiger partial charge in [0, 0.05) is 29.6 Å². The maximum Gasteiger partial charge on any atom is 0.162 e. The number of anilines is 3. The van der Waals surface area contributed by atoms with Gasteiger partial charge in [-0.15, -0.1) is 0 Å². The summed E-state index contributed by atoms with van der Waals surface area (Å²) in [7, 11) is 2.20. The first-order valence-electron chi connectivity index (χ1n) is 11.1. The summed E-state index contributed by atoms with van der Waals surface area (Å²) in [5, 5.41) is 0. The molecule has 0 aliphatic carbocycles. The van der Waals surface area contributed by atoms with Crippen molar-refractivity contribution in [2.75, 3.05) is 16.8 Å². The van der Waals surface area contributed by atoms with Crippen molar-refractivity contribution in [3.05, 3.63) is 65.9 Å². The summed E-state index contributed by atoms with van der Waals surface area (Å²) in [4.78, 5) is 14.8. The van der Waals surface area contributed by atoms with E-state index in [0.29, 0.717) is 5.92 Å². The van der Waals surface area contributed by atoms with E-state index in [0.717, 1.165) is 35.7 Å². The molecule has 4 heteroatoms. The summed E-state index contributed by atoms with van der Waals surface area (Å²) in [6, 6.07) is 17.3. The molecule has 1 aromatic heterocycles. The summed E-state index contributed by atoms with van der Waals surface area (Å²) in [6.45, 7) is 9.22. The molecule has 0 radical (unpaired) electrons. The van der Waals surface area contributed by atoms with Gasteiger partial charge in [0.25, 0.3) is 0 Å². The molecule has 0 amide bonds. The van der Waals surface area contributed by atoms with E-state index >= 15 is 0 Å². The highest BCUT2D eigenvalue weighted by atomic mass is 15.4. The van der Waals surface area contributed by atoms with Gasteiger partial charge in [-0.1, -0.05) is 63.2 Å². The first kappa shape index (κ1) is 19.1. The molecule has 2 aromatic carbocycles. The fraction of sp³-hybridized carbons (Fsp3) is 0.385.